The minimum Gasteiger partial charge on any atom is -0.365 e. The van der Waals surface area contributed by atoms with Crippen LogP contribution in [0.15, 0.2) is 24.3 Å². The Morgan fingerprint density at radius 1 is 1.25 bits per heavy atom. The Labute approximate surface area is 121 Å². The summed E-state index contributed by atoms with van der Waals surface area (Å²) in [6.07, 6.45) is 4.64. The Bertz CT molecular complexity index is 496. The first-order valence-electron chi connectivity index (χ1n) is 7.89. The third-order valence-electron chi connectivity index (χ3n) is 4.44. The molecule has 3 nitrogen and oxygen atoms in total. The maximum Gasteiger partial charge on any atom is 0.229 e. The molecule has 1 fully saturated rings. The first kappa shape index (κ1) is 13.5. The second-order valence-electron chi connectivity index (χ2n) is 6.09. The summed E-state index contributed by atoms with van der Waals surface area (Å²) >= 11 is 0. The number of hydrogen-bond donors (Lipinski definition) is 0. The molecule has 108 valence electrons. The van der Waals surface area contributed by atoms with Gasteiger partial charge in [0.15, 0.2) is 0 Å². The second-order valence-corrected chi connectivity index (χ2v) is 6.09. The van der Waals surface area contributed by atoms with Crippen LogP contribution >= 0.6 is 0 Å². The fourth-order valence-corrected chi connectivity index (χ4v) is 3.20. The average Bonchev–Trinajstić information content (AvgIpc) is 3.30. The molecule has 1 atom stereocenters. The lowest BCUT2D eigenvalue weighted by molar-refractivity contribution is -0.122. The predicted octanol–water partition coefficient (Wildman–Crippen LogP) is 3.44. The van der Waals surface area contributed by atoms with E-state index < -0.39 is 0 Å². The van der Waals surface area contributed by atoms with E-state index in [1.807, 2.05) is 11.0 Å². The van der Waals surface area contributed by atoms with Gasteiger partial charge in [-0.25, -0.2) is 0 Å². The van der Waals surface area contributed by atoms with Crippen LogP contribution < -0.4 is 9.80 Å². The molecular weight excluding hydrogens is 248 g/mol. The Morgan fingerprint density at radius 2 is 1.95 bits per heavy atom. The Kier molecular flexibility index (Phi) is 3.68. The van der Waals surface area contributed by atoms with E-state index in [9.17, 15) is 4.79 Å². The third kappa shape index (κ3) is 2.41. The summed E-state index contributed by atoms with van der Waals surface area (Å²) in [5.74, 6) is 0.412. The van der Waals surface area contributed by atoms with E-state index >= 15 is 0 Å². The number of carbonyl (C=O) groups is 1. The van der Waals surface area contributed by atoms with Crippen molar-refractivity contribution in [3.63, 3.8) is 0 Å². The number of anilines is 2. The Morgan fingerprint density at radius 3 is 2.60 bits per heavy atom. The molecule has 0 radical (unpaired) electrons. The standard InChI is InChI=1S/C17H24N2O/c1-3-6-13(2)17(20)19-12-11-18(14-9-10-14)15-7-4-5-8-16(15)19/h4-5,7-8,13-14H,3,6,9-12H2,1-2H3. The summed E-state index contributed by atoms with van der Waals surface area (Å²) in [6.45, 7) is 6.01. The monoisotopic (exact) mass is 272 g/mol. The molecule has 1 aliphatic heterocycles. The quantitative estimate of drug-likeness (QED) is 0.838. The second kappa shape index (κ2) is 5.47. The average molecular weight is 272 g/mol. The van der Waals surface area contributed by atoms with E-state index in [0.717, 1.165) is 31.6 Å². The van der Waals surface area contributed by atoms with E-state index in [1.165, 1.54) is 18.5 Å². The van der Waals surface area contributed by atoms with E-state index in [2.05, 4.69) is 36.9 Å². The molecule has 1 unspecified atom stereocenters. The maximum atomic E-state index is 12.7. The van der Waals surface area contributed by atoms with Crippen LogP contribution in [0.2, 0.25) is 0 Å². The molecule has 2 aliphatic rings. The molecule has 0 spiro atoms. The number of fused-ring (bicyclic) bond motifs is 1. The van der Waals surface area contributed by atoms with Crippen LogP contribution in [-0.4, -0.2) is 25.0 Å². The summed E-state index contributed by atoms with van der Waals surface area (Å²) in [6, 6.07) is 9.09. The van der Waals surface area contributed by atoms with Crippen LogP contribution in [-0.2, 0) is 4.79 Å². The predicted molar refractivity (Wildman–Crippen MR) is 83.2 cm³/mol. The van der Waals surface area contributed by atoms with Gasteiger partial charge in [0.05, 0.1) is 11.4 Å². The molecule has 0 saturated heterocycles. The minimum atomic E-state index is 0.125. The number of amides is 1. The van der Waals surface area contributed by atoms with Crippen molar-refractivity contribution in [2.24, 2.45) is 5.92 Å². The van der Waals surface area contributed by atoms with Gasteiger partial charge in [-0.3, -0.25) is 4.79 Å². The number of hydrogen-bond acceptors (Lipinski definition) is 2. The van der Waals surface area contributed by atoms with E-state index in [4.69, 9.17) is 0 Å². The maximum absolute atomic E-state index is 12.7. The summed E-state index contributed by atoms with van der Waals surface area (Å²) < 4.78 is 0. The lowest BCUT2D eigenvalue weighted by Crippen LogP contribution is -2.46. The van der Waals surface area contributed by atoms with Crippen LogP contribution in [0.25, 0.3) is 0 Å². The summed E-state index contributed by atoms with van der Waals surface area (Å²) in [4.78, 5) is 17.1. The zero-order valence-electron chi connectivity index (χ0n) is 12.5. The molecule has 3 heteroatoms. The fourth-order valence-electron chi connectivity index (χ4n) is 3.20. The van der Waals surface area contributed by atoms with Gasteiger partial charge in [-0.05, 0) is 31.4 Å². The normalized spacial score (nSPS) is 19.7. The van der Waals surface area contributed by atoms with E-state index in [0.29, 0.717) is 6.04 Å². The van der Waals surface area contributed by atoms with Gasteiger partial charge in [0.1, 0.15) is 0 Å². The Hall–Kier alpha value is -1.51. The lowest BCUT2D eigenvalue weighted by Gasteiger charge is -2.39. The molecule has 1 aromatic carbocycles. The van der Waals surface area contributed by atoms with Crippen LogP contribution in [0.5, 0.6) is 0 Å². The van der Waals surface area contributed by atoms with Crippen molar-refractivity contribution in [3.8, 4) is 0 Å². The molecule has 1 heterocycles. The zero-order valence-corrected chi connectivity index (χ0v) is 12.5. The first-order valence-corrected chi connectivity index (χ1v) is 7.89. The van der Waals surface area contributed by atoms with Crippen molar-refractivity contribution in [2.75, 3.05) is 22.9 Å². The fraction of sp³-hybridized carbons (Fsp3) is 0.588. The van der Waals surface area contributed by atoms with Gasteiger partial charge >= 0.3 is 0 Å². The number of rotatable bonds is 4. The summed E-state index contributed by atoms with van der Waals surface area (Å²) in [5, 5.41) is 0. The molecular formula is C17H24N2O. The molecule has 1 aliphatic carbocycles. The number of para-hydroxylation sites is 2. The topological polar surface area (TPSA) is 23.6 Å². The number of benzene rings is 1. The van der Waals surface area contributed by atoms with Gasteiger partial charge in [-0.1, -0.05) is 32.4 Å². The van der Waals surface area contributed by atoms with Crippen molar-refractivity contribution in [3.05, 3.63) is 24.3 Å². The van der Waals surface area contributed by atoms with Crippen molar-refractivity contribution in [1.82, 2.24) is 0 Å². The van der Waals surface area contributed by atoms with Gasteiger partial charge < -0.3 is 9.80 Å². The molecule has 0 aromatic heterocycles. The van der Waals surface area contributed by atoms with Crippen LogP contribution in [0.4, 0.5) is 11.4 Å². The van der Waals surface area contributed by atoms with Crippen molar-refractivity contribution in [1.29, 1.82) is 0 Å². The van der Waals surface area contributed by atoms with Gasteiger partial charge in [-0.15, -0.1) is 0 Å². The Balaban J connectivity index is 1.86. The van der Waals surface area contributed by atoms with Gasteiger partial charge in [0.25, 0.3) is 0 Å². The number of carbonyl (C=O) groups excluding carboxylic acids is 1. The van der Waals surface area contributed by atoms with Crippen molar-refractivity contribution >= 4 is 17.3 Å². The highest BCUT2D eigenvalue weighted by Crippen LogP contribution is 2.40. The van der Waals surface area contributed by atoms with Gasteiger partial charge in [-0.2, -0.15) is 0 Å². The molecule has 1 saturated carbocycles. The van der Waals surface area contributed by atoms with E-state index in [-0.39, 0.29) is 11.8 Å². The lowest BCUT2D eigenvalue weighted by atomic mass is 10.0. The van der Waals surface area contributed by atoms with Gasteiger partial charge in [0, 0.05) is 25.0 Å². The zero-order chi connectivity index (χ0) is 14.1. The van der Waals surface area contributed by atoms with E-state index in [1.54, 1.807) is 0 Å². The molecule has 20 heavy (non-hydrogen) atoms. The largest absolute Gasteiger partial charge is 0.365 e. The highest BCUT2D eigenvalue weighted by molar-refractivity contribution is 5.99. The van der Waals surface area contributed by atoms with Crippen LogP contribution in [0.1, 0.15) is 39.5 Å². The molecule has 0 N–H and O–H groups in total. The van der Waals surface area contributed by atoms with Crippen molar-refractivity contribution in [2.45, 2.75) is 45.6 Å². The number of nitrogens with zero attached hydrogens (tertiary/aromatic N) is 2. The minimum absolute atomic E-state index is 0.125. The third-order valence-corrected chi connectivity index (χ3v) is 4.44. The summed E-state index contributed by atoms with van der Waals surface area (Å²) in [5.41, 5.74) is 2.36. The smallest absolute Gasteiger partial charge is 0.229 e. The molecule has 1 aromatic rings. The first-order chi connectivity index (χ1) is 9.72. The van der Waals surface area contributed by atoms with Crippen molar-refractivity contribution < 1.29 is 4.79 Å². The molecule has 3 rings (SSSR count). The highest BCUT2D eigenvalue weighted by Gasteiger charge is 2.35. The summed E-state index contributed by atoms with van der Waals surface area (Å²) in [7, 11) is 0. The van der Waals surface area contributed by atoms with Gasteiger partial charge in [0.2, 0.25) is 5.91 Å². The molecule has 1 amide bonds. The molecule has 0 bridgehead atoms. The van der Waals surface area contributed by atoms with Crippen LogP contribution in [0.3, 0.4) is 0 Å². The SMILES string of the molecule is CCCC(C)C(=O)N1CCN(C2CC2)c2ccccc21. The highest BCUT2D eigenvalue weighted by atomic mass is 16.2. The van der Waals surface area contributed by atoms with Crippen LogP contribution in [0, 0.1) is 5.92 Å².